The number of non-ortho nitro benzene ring substituents is 1. The quantitative estimate of drug-likeness (QED) is 0.258. The number of anilines is 1. The highest BCUT2D eigenvalue weighted by Gasteiger charge is 2.39. The molecule has 2 aliphatic heterocycles. The summed E-state index contributed by atoms with van der Waals surface area (Å²) in [6.45, 7) is 5.29. The normalized spacial score (nSPS) is 15.3. The maximum Gasteiger partial charge on any atom is 0.278 e. The van der Waals surface area contributed by atoms with Crippen molar-refractivity contribution in [2.24, 2.45) is 0 Å². The third-order valence-electron chi connectivity index (χ3n) is 5.32. The fraction of sp³-hybridized carbons (Fsp3) is 0.333. The van der Waals surface area contributed by atoms with Crippen LogP contribution in [0.2, 0.25) is 0 Å². The van der Waals surface area contributed by atoms with E-state index in [2.05, 4.69) is 5.32 Å². The summed E-state index contributed by atoms with van der Waals surface area (Å²) in [4.78, 5) is 38.2. The van der Waals surface area contributed by atoms with Crippen molar-refractivity contribution >= 4 is 28.8 Å². The summed E-state index contributed by atoms with van der Waals surface area (Å²) in [5.41, 5.74) is 1.10. The van der Waals surface area contributed by atoms with Gasteiger partial charge in [-0.2, -0.15) is 0 Å². The molecule has 0 saturated heterocycles. The van der Waals surface area contributed by atoms with E-state index in [1.54, 1.807) is 18.2 Å². The van der Waals surface area contributed by atoms with E-state index in [1.165, 1.54) is 29.2 Å². The topological polar surface area (TPSA) is 120 Å². The predicted molar refractivity (Wildman–Crippen MR) is 123 cm³/mol. The average molecular weight is 467 g/mol. The smallest absolute Gasteiger partial charge is 0.278 e. The molecule has 0 radical (unpaired) electrons. The number of benzene rings is 2. The van der Waals surface area contributed by atoms with Crippen molar-refractivity contribution in [2.45, 2.75) is 26.4 Å². The molecule has 0 atom stereocenters. The van der Waals surface area contributed by atoms with Crippen molar-refractivity contribution in [3.8, 4) is 11.5 Å². The number of carbonyl (C=O) groups is 2. The first-order valence-corrected chi connectivity index (χ1v) is 11.0. The molecule has 0 fully saturated rings. The molecule has 2 amide bonds. The Morgan fingerprint density at radius 1 is 1.06 bits per heavy atom. The number of rotatable bonds is 9. The summed E-state index contributed by atoms with van der Waals surface area (Å²) in [7, 11) is 0. The lowest BCUT2D eigenvalue weighted by atomic mass is 10.0. The summed E-state index contributed by atoms with van der Waals surface area (Å²) < 4.78 is 16.7. The molecule has 0 aliphatic carbocycles. The summed E-state index contributed by atoms with van der Waals surface area (Å²) in [5, 5.41) is 14.1. The minimum Gasteiger partial charge on any atom is -0.486 e. The van der Waals surface area contributed by atoms with E-state index in [0.717, 1.165) is 0 Å². The molecule has 178 valence electrons. The minimum atomic E-state index is -0.519. The number of nitrogens with one attached hydrogen (secondary N) is 1. The number of ether oxygens (including phenoxy) is 3. The van der Waals surface area contributed by atoms with Crippen LogP contribution in [0.15, 0.2) is 48.2 Å². The Labute approximate surface area is 196 Å². The fourth-order valence-electron chi connectivity index (χ4n) is 3.72. The van der Waals surface area contributed by atoms with E-state index < -0.39 is 16.7 Å². The van der Waals surface area contributed by atoms with Crippen LogP contribution >= 0.6 is 0 Å². The maximum atomic E-state index is 13.3. The summed E-state index contributed by atoms with van der Waals surface area (Å²) in [6.07, 6.45) is 0.534. The summed E-state index contributed by atoms with van der Waals surface area (Å²) in [6, 6.07) is 10.7. The van der Waals surface area contributed by atoms with Crippen molar-refractivity contribution in [1.82, 2.24) is 4.90 Å². The Balaban J connectivity index is 1.64. The summed E-state index contributed by atoms with van der Waals surface area (Å²) >= 11 is 0. The van der Waals surface area contributed by atoms with Crippen LogP contribution in [0, 0.1) is 10.1 Å². The van der Waals surface area contributed by atoms with Crippen LogP contribution in [0.4, 0.5) is 11.4 Å². The zero-order chi connectivity index (χ0) is 24.2. The van der Waals surface area contributed by atoms with Gasteiger partial charge in [-0.25, -0.2) is 0 Å². The van der Waals surface area contributed by atoms with Gasteiger partial charge < -0.3 is 19.5 Å². The first-order valence-electron chi connectivity index (χ1n) is 11.0. The zero-order valence-electron chi connectivity index (χ0n) is 18.9. The number of nitro groups is 1. The third kappa shape index (κ3) is 4.86. The second-order valence-corrected chi connectivity index (χ2v) is 8.07. The van der Waals surface area contributed by atoms with Gasteiger partial charge in [0.25, 0.3) is 17.5 Å². The van der Waals surface area contributed by atoms with Gasteiger partial charge in [0.05, 0.1) is 16.6 Å². The Bertz CT molecular complexity index is 1140. The van der Waals surface area contributed by atoms with Crippen molar-refractivity contribution in [1.29, 1.82) is 0 Å². The fourth-order valence-corrected chi connectivity index (χ4v) is 3.72. The lowest BCUT2D eigenvalue weighted by Gasteiger charge is -2.19. The van der Waals surface area contributed by atoms with Crippen molar-refractivity contribution < 1.29 is 28.7 Å². The Hall–Kier alpha value is -3.92. The highest BCUT2D eigenvalue weighted by molar-refractivity contribution is 6.36. The van der Waals surface area contributed by atoms with Crippen molar-refractivity contribution in [3.05, 3.63) is 63.8 Å². The molecule has 2 aromatic carbocycles. The highest BCUT2D eigenvalue weighted by Crippen LogP contribution is 2.36. The lowest BCUT2D eigenvalue weighted by Crippen LogP contribution is -2.34. The third-order valence-corrected chi connectivity index (χ3v) is 5.32. The van der Waals surface area contributed by atoms with Crippen LogP contribution < -0.4 is 14.8 Å². The van der Waals surface area contributed by atoms with Crippen LogP contribution in [0.1, 0.15) is 25.8 Å². The molecule has 0 unspecified atom stereocenters. The molecule has 2 aliphatic rings. The van der Waals surface area contributed by atoms with Gasteiger partial charge in [-0.15, -0.1) is 0 Å². The molecule has 0 spiro atoms. The SMILES string of the molecule is CC(C)OCCCN1C(=O)C(Nc2ccc3c(c2)OCCO3)=C(c2ccc([N+](=O)[O-])cc2)C1=O. The van der Waals surface area contributed by atoms with Gasteiger partial charge in [0, 0.05) is 37.0 Å². The molecular weight excluding hydrogens is 442 g/mol. The van der Waals surface area contributed by atoms with Gasteiger partial charge in [-0.3, -0.25) is 24.6 Å². The molecule has 10 nitrogen and oxygen atoms in total. The molecular formula is C24H25N3O7. The largest absolute Gasteiger partial charge is 0.486 e. The van der Waals surface area contributed by atoms with Crippen LogP contribution in [0.5, 0.6) is 11.5 Å². The first kappa shape index (κ1) is 23.2. The monoisotopic (exact) mass is 467 g/mol. The van der Waals surface area contributed by atoms with Gasteiger partial charge >= 0.3 is 0 Å². The van der Waals surface area contributed by atoms with Crippen LogP contribution in [0.3, 0.4) is 0 Å². The van der Waals surface area contributed by atoms with E-state index in [0.29, 0.717) is 49.0 Å². The first-order chi connectivity index (χ1) is 16.3. The number of amides is 2. The van der Waals surface area contributed by atoms with Crippen LogP contribution in [-0.4, -0.2) is 54.1 Å². The molecule has 0 aromatic heterocycles. The van der Waals surface area contributed by atoms with Crippen molar-refractivity contribution in [2.75, 3.05) is 31.7 Å². The number of imide groups is 1. The van der Waals surface area contributed by atoms with Crippen molar-refractivity contribution in [3.63, 3.8) is 0 Å². The van der Waals surface area contributed by atoms with E-state index in [4.69, 9.17) is 14.2 Å². The van der Waals surface area contributed by atoms with Gasteiger partial charge in [0.15, 0.2) is 11.5 Å². The Morgan fingerprint density at radius 2 is 1.76 bits per heavy atom. The molecule has 2 heterocycles. The van der Waals surface area contributed by atoms with E-state index in [9.17, 15) is 19.7 Å². The highest BCUT2D eigenvalue weighted by atomic mass is 16.6. The zero-order valence-corrected chi connectivity index (χ0v) is 18.9. The number of nitro benzene ring substituents is 1. The number of hydrogen-bond acceptors (Lipinski definition) is 8. The van der Waals surface area contributed by atoms with E-state index in [-0.39, 0.29) is 29.6 Å². The van der Waals surface area contributed by atoms with Gasteiger partial charge in [-0.05, 0) is 50.1 Å². The molecule has 10 heteroatoms. The molecule has 0 saturated carbocycles. The van der Waals surface area contributed by atoms with Gasteiger partial charge in [0.2, 0.25) is 0 Å². The van der Waals surface area contributed by atoms with E-state index in [1.807, 2.05) is 13.8 Å². The minimum absolute atomic E-state index is 0.0474. The van der Waals surface area contributed by atoms with Crippen LogP contribution in [-0.2, 0) is 14.3 Å². The number of hydrogen-bond donors (Lipinski definition) is 1. The number of carbonyl (C=O) groups excluding carboxylic acids is 2. The predicted octanol–water partition coefficient (Wildman–Crippen LogP) is 3.37. The Kier molecular flexibility index (Phi) is 6.78. The average Bonchev–Trinajstić information content (AvgIpc) is 3.05. The second-order valence-electron chi connectivity index (χ2n) is 8.07. The van der Waals surface area contributed by atoms with Crippen LogP contribution in [0.25, 0.3) is 5.57 Å². The Morgan fingerprint density at radius 3 is 2.44 bits per heavy atom. The second kappa shape index (κ2) is 9.92. The molecule has 1 N–H and O–H groups in total. The van der Waals surface area contributed by atoms with Gasteiger partial charge in [0.1, 0.15) is 18.9 Å². The van der Waals surface area contributed by atoms with E-state index >= 15 is 0 Å². The van der Waals surface area contributed by atoms with Gasteiger partial charge in [-0.1, -0.05) is 0 Å². The summed E-state index contributed by atoms with van der Waals surface area (Å²) in [5.74, 6) is 0.191. The maximum absolute atomic E-state index is 13.3. The molecule has 34 heavy (non-hydrogen) atoms. The standard InChI is InChI=1S/C24H25N3O7/c1-15(2)32-11-3-10-26-23(28)21(16-4-7-18(8-5-16)27(30)31)22(24(26)29)25-17-6-9-19-20(14-17)34-13-12-33-19/h4-9,14-15,25H,3,10-13H2,1-2H3. The molecule has 4 rings (SSSR count). The lowest BCUT2D eigenvalue weighted by molar-refractivity contribution is -0.384. The molecule has 0 bridgehead atoms. The number of fused-ring (bicyclic) bond motifs is 1. The molecule has 2 aromatic rings. The number of nitrogens with zero attached hydrogens (tertiary/aromatic N) is 2.